The minimum Gasteiger partial charge on any atom is -0.475 e. The summed E-state index contributed by atoms with van der Waals surface area (Å²) >= 11 is 0. The van der Waals surface area contributed by atoms with Crippen molar-refractivity contribution in [2.45, 2.75) is 6.54 Å². The summed E-state index contributed by atoms with van der Waals surface area (Å²) in [7, 11) is 3.56. The Labute approximate surface area is 84.3 Å². The molecule has 4 heteroatoms. The Morgan fingerprint density at radius 3 is 3.00 bits per heavy atom. The van der Waals surface area contributed by atoms with Gasteiger partial charge in [-0.05, 0) is 18.7 Å². The molecule has 0 amide bonds. The molecule has 1 N–H and O–H groups in total. The van der Waals surface area contributed by atoms with Gasteiger partial charge in [0, 0.05) is 25.9 Å². The third-order valence-corrected chi connectivity index (χ3v) is 1.72. The third-order valence-electron chi connectivity index (χ3n) is 1.72. The number of hydrogen-bond donors (Lipinski definition) is 1. The van der Waals surface area contributed by atoms with Gasteiger partial charge in [-0.3, -0.25) is 0 Å². The van der Waals surface area contributed by atoms with Crippen molar-refractivity contribution >= 4 is 0 Å². The zero-order chi connectivity index (χ0) is 10.2. The predicted octanol–water partition coefficient (Wildman–Crippen LogP) is 0.826. The maximum absolute atomic E-state index is 5.37. The molecule has 0 spiro atoms. The van der Waals surface area contributed by atoms with Crippen LogP contribution in [0, 0.1) is 0 Å². The lowest BCUT2D eigenvalue weighted by molar-refractivity contribution is 0.143. The van der Waals surface area contributed by atoms with Crippen LogP contribution in [0.15, 0.2) is 18.3 Å². The normalized spacial score (nSPS) is 10.1. The molecule has 0 saturated heterocycles. The summed E-state index contributed by atoms with van der Waals surface area (Å²) in [5.74, 6) is 0.648. The average Bonchev–Trinajstić information content (AvgIpc) is 2.19. The van der Waals surface area contributed by atoms with Crippen molar-refractivity contribution in [1.82, 2.24) is 10.3 Å². The van der Waals surface area contributed by atoms with Gasteiger partial charge in [-0.2, -0.15) is 0 Å². The summed E-state index contributed by atoms with van der Waals surface area (Å²) in [4.78, 5) is 4.09. The number of hydrogen-bond acceptors (Lipinski definition) is 4. The largest absolute Gasteiger partial charge is 0.475 e. The first-order chi connectivity index (χ1) is 6.86. The second-order valence-electron chi connectivity index (χ2n) is 2.87. The van der Waals surface area contributed by atoms with Crippen LogP contribution in [0.1, 0.15) is 5.56 Å². The Balaban J connectivity index is 2.46. The van der Waals surface area contributed by atoms with Crippen molar-refractivity contribution in [2.24, 2.45) is 0 Å². The fourth-order valence-electron chi connectivity index (χ4n) is 1.07. The van der Waals surface area contributed by atoms with Crippen molar-refractivity contribution < 1.29 is 9.47 Å². The highest BCUT2D eigenvalue weighted by Gasteiger charge is 1.96. The van der Waals surface area contributed by atoms with Gasteiger partial charge in [0.2, 0.25) is 5.88 Å². The second kappa shape index (κ2) is 6.34. The second-order valence-corrected chi connectivity index (χ2v) is 2.87. The van der Waals surface area contributed by atoms with Gasteiger partial charge in [-0.15, -0.1) is 0 Å². The molecule has 1 aromatic heterocycles. The van der Waals surface area contributed by atoms with E-state index in [1.54, 1.807) is 13.3 Å². The van der Waals surface area contributed by atoms with E-state index in [9.17, 15) is 0 Å². The molecule has 4 nitrogen and oxygen atoms in total. The molecule has 0 unspecified atom stereocenters. The zero-order valence-corrected chi connectivity index (χ0v) is 8.62. The molecule has 1 rings (SSSR count). The van der Waals surface area contributed by atoms with E-state index in [4.69, 9.17) is 9.47 Å². The standard InChI is InChI=1S/C10H16N2O2/c1-11-8-9-3-4-12-10(7-9)14-6-5-13-2/h3-4,7,11H,5-6,8H2,1-2H3. The van der Waals surface area contributed by atoms with Gasteiger partial charge < -0.3 is 14.8 Å². The lowest BCUT2D eigenvalue weighted by Crippen LogP contribution is -2.08. The van der Waals surface area contributed by atoms with Crippen LogP contribution >= 0.6 is 0 Å². The van der Waals surface area contributed by atoms with Crippen molar-refractivity contribution in [3.63, 3.8) is 0 Å². The molecule has 14 heavy (non-hydrogen) atoms. The highest BCUT2D eigenvalue weighted by Crippen LogP contribution is 2.08. The molecule has 0 fully saturated rings. The van der Waals surface area contributed by atoms with Gasteiger partial charge in [0.25, 0.3) is 0 Å². The first-order valence-corrected chi connectivity index (χ1v) is 4.58. The van der Waals surface area contributed by atoms with E-state index < -0.39 is 0 Å². The molecule has 0 aromatic carbocycles. The van der Waals surface area contributed by atoms with Crippen LogP contribution in [0.3, 0.4) is 0 Å². The van der Waals surface area contributed by atoms with Crippen LogP contribution in [-0.2, 0) is 11.3 Å². The summed E-state index contributed by atoms with van der Waals surface area (Å²) in [5, 5.41) is 3.07. The van der Waals surface area contributed by atoms with Gasteiger partial charge in [-0.25, -0.2) is 4.98 Å². The van der Waals surface area contributed by atoms with Crippen LogP contribution in [0.2, 0.25) is 0 Å². The number of nitrogens with zero attached hydrogens (tertiary/aromatic N) is 1. The van der Waals surface area contributed by atoms with Crippen molar-refractivity contribution in [2.75, 3.05) is 27.4 Å². The molecule has 0 aliphatic carbocycles. The molecule has 0 atom stereocenters. The molecule has 1 aromatic rings. The summed E-state index contributed by atoms with van der Waals surface area (Å²) in [6, 6.07) is 3.88. The van der Waals surface area contributed by atoms with Crippen LogP contribution in [0.25, 0.3) is 0 Å². The van der Waals surface area contributed by atoms with E-state index in [2.05, 4.69) is 10.3 Å². The predicted molar refractivity (Wildman–Crippen MR) is 54.4 cm³/mol. The van der Waals surface area contributed by atoms with E-state index in [1.165, 1.54) is 0 Å². The molecule has 0 saturated carbocycles. The van der Waals surface area contributed by atoms with Crippen molar-refractivity contribution in [1.29, 1.82) is 0 Å². The molecule has 0 aliphatic rings. The topological polar surface area (TPSA) is 43.4 Å². The van der Waals surface area contributed by atoms with E-state index in [1.807, 2.05) is 19.2 Å². The van der Waals surface area contributed by atoms with E-state index in [0.717, 1.165) is 12.1 Å². The van der Waals surface area contributed by atoms with Gasteiger partial charge in [0.15, 0.2) is 0 Å². The number of aromatic nitrogens is 1. The Kier molecular flexibility index (Phi) is 4.96. The SMILES string of the molecule is CNCc1ccnc(OCCOC)c1. The molecule has 0 aliphatic heterocycles. The fraction of sp³-hybridized carbons (Fsp3) is 0.500. The van der Waals surface area contributed by atoms with E-state index in [-0.39, 0.29) is 0 Å². The molecular formula is C10H16N2O2. The fourth-order valence-corrected chi connectivity index (χ4v) is 1.07. The van der Waals surface area contributed by atoms with Crippen molar-refractivity contribution in [3.8, 4) is 5.88 Å². The van der Waals surface area contributed by atoms with Crippen LogP contribution in [0.5, 0.6) is 5.88 Å². The number of rotatable bonds is 6. The Morgan fingerprint density at radius 1 is 1.43 bits per heavy atom. The lowest BCUT2D eigenvalue weighted by atomic mass is 10.3. The van der Waals surface area contributed by atoms with Gasteiger partial charge >= 0.3 is 0 Å². The smallest absolute Gasteiger partial charge is 0.213 e. The lowest BCUT2D eigenvalue weighted by Gasteiger charge is -2.05. The molecule has 78 valence electrons. The monoisotopic (exact) mass is 196 g/mol. The first kappa shape index (κ1) is 10.9. The Hall–Kier alpha value is -1.13. The van der Waals surface area contributed by atoms with Crippen LogP contribution in [0.4, 0.5) is 0 Å². The van der Waals surface area contributed by atoms with Gasteiger partial charge in [-0.1, -0.05) is 0 Å². The average molecular weight is 196 g/mol. The summed E-state index contributed by atoms with van der Waals surface area (Å²) < 4.78 is 10.2. The molecular weight excluding hydrogens is 180 g/mol. The zero-order valence-electron chi connectivity index (χ0n) is 8.62. The summed E-state index contributed by atoms with van der Waals surface area (Å²) in [6.07, 6.45) is 1.74. The number of methoxy groups -OCH3 is 1. The van der Waals surface area contributed by atoms with Crippen LogP contribution in [-0.4, -0.2) is 32.4 Å². The quantitative estimate of drug-likeness (QED) is 0.684. The Bertz CT molecular complexity index is 266. The van der Waals surface area contributed by atoms with Crippen LogP contribution < -0.4 is 10.1 Å². The molecule has 1 heterocycles. The van der Waals surface area contributed by atoms with Gasteiger partial charge in [0.1, 0.15) is 6.61 Å². The number of ether oxygens (including phenoxy) is 2. The maximum atomic E-state index is 5.37. The molecule has 0 bridgehead atoms. The minimum absolute atomic E-state index is 0.534. The first-order valence-electron chi connectivity index (χ1n) is 4.58. The number of nitrogens with one attached hydrogen (secondary N) is 1. The maximum Gasteiger partial charge on any atom is 0.213 e. The van der Waals surface area contributed by atoms with Crippen molar-refractivity contribution in [3.05, 3.63) is 23.9 Å². The highest BCUT2D eigenvalue weighted by molar-refractivity contribution is 5.20. The molecule has 0 radical (unpaired) electrons. The minimum atomic E-state index is 0.534. The summed E-state index contributed by atoms with van der Waals surface area (Å²) in [6.45, 7) is 1.94. The van der Waals surface area contributed by atoms with E-state index >= 15 is 0 Å². The van der Waals surface area contributed by atoms with Gasteiger partial charge in [0.05, 0.1) is 6.61 Å². The third kappa shape index (κ3) is 3.72. The Morgan fingerprint density at radius 2 is 2.29 bits per heavy atom. The number of pyridine rings is 1. The summed E-state index contributed by atoms with van der Waals surface area (Å²) in [5.41, 5.74) is 1.16. The highest BCUT2D eigenvalue weighted by atomic mass is 16.5. The van der Waals surface area contributed by atoms with E-state index in [0.29, 0.717) is 19.1 Å².